The summed E-state index contributed by atoms with van der Waals surface area (Å²) in [5, 5.41) is 0. The van der Waals surface area contributed by atoms with Gasteiger partial charge in [-0.05, 0) is 25.9 Å². The van der Waals surface area contributed by atoms with Crippen LogP contribution in [0.2, 0.25) is 0 Å². The molecule has 1 spiro atoms. The molecular formula is C17H25N3O2. The zero-order chi connectivity index (χ0) is 15.0. The summed E-state index contributed by atoms with van der Waals surface area (Å²) in [6, 6.07) is 1.64. The quantitative estimate of drug-likeness (QED) is 0.896. The zero-order valence-electron chi connectivity index (χ0n) is 13.1. The maximum atomic E-state index is 11.9. The second kappa shape index (κ2) is 5.80. The van der Waals surface area contributed by atoms with E-state index in [1.165, 1.54) is 32.5 Å². The normalized spacial score (nSPS) is 24.4. The Hall–Kier alpha value is -1.17. The third kappa shape index (κ3) is 2.73. The summed E-state index contributed by atoms with van der Waals surface area (Å²) in [7, 11) is 0. The number of aromatic amines is 1. The Kier molecular flexibility index (Phi) is 3.80. The van der Waals surface area contributed by atoms with Gasteiger partial charge < -0.3 is 14.6 Å². The maximum absolute atomic E-state index is 11.9. The van der Waals surface area contributed by atoms with Gasteiger partial charge in [0.2, 0.25) is 0 Å². The van der Waals surface area contributed by atoms with E-state index in [9.17, 15) is 4.79 Å². The second-order valence-corrected chi connectivity index (χ2v) is 7.19. The van der Waals surface area contributed by atoms with Gasteiger partial charge in [-0.25, -0.2) is 0 Å². The van der Waals surface area contributed by atoms with E-state index >= 15 is 0 Å². The summed E-state index contributed by atoms with van der Waals surface area (Å²) in [6.07, 6.45) is 5.17. The minimum Gasteiger partial charge on any atom is -0.381 e. The zero-order valence-corrected chi connectivity index (χ0v) is 13.1. The van der Waals surface area contributed by atoms with Gasteiger partial charge in [0.15, 0.2) is 5.43 Å². The third-order valence-electron chi connectivity index (χ3n) is 5.47. The Morgan fingerprint density at radius 2 is 2.14 bits per heavy atom. The van der Waals surface area contributed by atoms with Crippen molar-refractivity contribution in [2.45, 2.75) is 25.8 Å². The molecule has 3 aliphatic rings. The number of hydrogen-bond acceptors (Lipinski definition) is 4. The molecule has 2 fully saturated rings. The van der Waals surface area contributed by atoms with E-state index in [0.29, 0.717) is 5.41 Å². The number of likely N-dealkylation sites (tertiary alicyclic amines) is 1. The van der Waals surface area contributed by atoms with Crippen LogP contribution in [0.4, 0.5) is 0 Å². The fraction of sp³-hybridized carbons (Fsp3) is 0.706. The molecule has 0 amide bonds. The van der Waals surface area contributed by atoms with Crippen molar-refractivity contribution < 1.29 is 4.74 Å². The van der Waals surface area contributed by atoms with Crippen molar-refractivity contribution in [3.8, 4) is 0 Å². The number of nitrogens with zero attached hydrogens (tertiary/aromatic N) is 2. The molecule has 5 heteroatoms. The van der Waals surface area contributed by atoms with Crippen molar-refractivity contribution in [1.29, 1.82) is 0 Å². The van der Waals surface area contributed by atoms with Gasteiger partial charge in [-0.15, -0.1) is 0 Å². The highest BCUT2D eigenvalue weighted by atomic mass is 16.5. The van der Waals surface area contributed by atoms with E-state index in [-0.39, 0.29) is 5.43 Å². The van der Waals surface area contributed by atoms with E-state index in [1.807, 2.05) is 0 Å². The summed E-state index contributed by atoms with van der Waals surface area (Å²) >= 11 is 0. The van der Waals surface area contributed by atoms with E-state index in [4.69, 9.17) is 4.74 Å². The SMILES string of the molecule is O=c1cc[nH]c2c1CN(CCCN1CC3(CCOC3)C1)CC2. The monoisotopic (exact) mass is 303 g/mol. The van der Waals surface area contributed by atoms with Gasteiger partial charge in [0.05, 0.1) is 6.61 Å². The predicted octanol–water partition coefficient (Wildman–Crippen LogP) is 0.845. The minimum atomic E-state index is 0.185. The Morgan fingerprint density at radius 1 is 1.27 bits per heavy atom. The predicted molar refractivity (Wildman–Crippen MR) is 85.0 cm³/mol. The molecule has 0 saturated carbocycles. The average Bonchev–Trinajstić information content (AvgIpc) is 2.97. The molecule has 0 bridgehead atoms. The van der Waals surface area contributed by atoms with E-state index in [1.54, 1.807) is 12.3 Å². The van der Waals surface area contributed by atoms with Gasteiger partial charge in [0, 0.05) is 68.1 Å². The molecule has 120 valence electrons. The molecule has 0 unspecified atom stereocenters. The summed E-state index contributed by atoms with van der Waals surface area (Å²) in [6.45, 7) is 8.49. The lowest BCUT2D eigenvalue weighted by Crippen LogP contribution is -2.57. The number of rotatable bonds is 4. The van der Waals surface area contributed by atoms with Crippen molar-refractivity contribution in [3.05, 3.63) is 33.7 Å². The first-order chi connectivity index (χ1) is 10.7. The van der Waals surface area contributed by atoms with Crippen LogP contribution in [0.1, 0.15) is 24.1 Å². The van der Waals surface area contributed by atoms with Crippen LogP contribution in [-0.4, -0.2) is 60.7 Å². The molecule has 4 rings (SSSR count). The highest BCUT2D eigenvalue weighted by Crippen LogP contribution is 2.38. The van der Waals surface area contributed by atoms with E-state index in [2.05, 4.69) is 14.8 Å². The number of H-pyrrole nitrogens is 1. The molecule has 3 aliphatic heterocycles. The first kappa shape index (κ1) is 14.4. The van der Waals surface area contributed by atoms with Crippen LogP contribution in [0.5, 0.6) is 0 Å². The molecule has 5 nitrogen and oxygen atoms in total. The van der Waals surface area contributed by atoms with Crippen molar-refractivity contribution >= 4 is 0 Å². The molecule has 1 N–H and O–H groups in total. The van der Waals surface area contributed by atoms with Crippen molar-refractivity contribution in [2.75, 3.05) is 45.9 Å². The number of pyridine rings is 1. The van der Waals surface area contributed by atoms with Gasteiger partial charge in [-0.1, -0.05) is 0 Å². The lowest BCUT2D eigenvalue weighted by atomic mass is 9.79. The van der Waals surface area contributed by atoms with Gasteiger partial charge in [-0.2, -0.15) is 0 Å². The Bertz CT molecular complexity index is 584. The molecule has 0 radical (unpaired) electrons. The molecule has 1 aromatic heterocycles. The first-order valence-corrected chi connectivity index (χ1v) is 8.46. The van der Waals surface area contributed by atoms with Crippen LogP contribution in [0, 0.1) is 5.41 Å². The third-order valence-corrected chi connectivity index (χ3v) is 5.47. The molecule has 4 heterocycles. The fourth-order valence-corrected chi connectivity index (χ4v) is 4.19. The fourth-order valence-electron chi connectivity index (χ4n) is 4.19. The average molecular weight is 303 g/mol. The van der Waals surface area contributed by atoms with Crippen molar-refractivity contribution in [2.24, 2.45) is 5.41 Å². The molecule has 0 aromatic carbocycles. The first-order valence-electron chi connectivity index (χ1n) is 8.46. The number of aromatic nitrogens is 1. The van der Waals surface area contributed by atoms with Crippen LogP contribution in [0.15, 0.2) is 17.1 Å². The summed E-state index contributed by atoms with van der Waals surface area (Å²) in [5.74, 6) is 0. The highest BCUT2D eigenvalue weighted by Gasteiger charge is 2.45. The minimum absolute atomic E-state index is 0.185. The lowest BCUT2D eigenvalue weighted by molar-refractivity contribution is -0.00866. The van der Waals surface area contributed by atoms with Gasteiger partial charge >= 0.3 is 0 Å². The standard InChI is InChI=1S/C17H25N3O2/c21-16-2-5-18-15-3-8-19(10-14(15)16)6-1-7-20-11-17(12-20)4-9-22-13-17/h2,5H,1,3-4,6-13H2,(H,18,21). The second-order valence-electron chi connectivity index (χ2n) is 7.19. The topological polar surface area (TPSA) is 48.6 Å². The number of hydrogen-bond donors (Lipinski definition) is 1. The Balaban J connectivity index is 1.23. The van der Waals surface area contributed by atoms with Crippen LogP contribution < -0.4 is 5.43 Å². The van der Waals surface area contributed by atoms with Crippen LogP contribution in [0.3, 0.4) is 0 Å². The highest BCUT2D eigenvalue weighted by molar-refractivity contribution is 5.22. The largest absolute Gasteiger partial charge is 0.381 e. The molecule has 0 atom stereocenters. The van der Waals surface area contributed by atoms with E-state index in [0.717, 1.165) is 50.5 Å². The lowest BCUT2D eigenvalue weighted by Gasteiger charge is -2.47. The molecular weight excluding hydrogens is 278 g/mol. The summed E-state index contributed by atoms with van der Waals surface area (Å²) < 4.78 is 5.53. The molecule has 2 saturated heterocycles. The van der Waals surface area contributed by atoms with E-state index < -0.39 is 0 Å². The van der Waals surface area contributed by atoms with Crippen LogP contribution in [-0.2, 0) is 17.7 Å². The van der Waals surface area contributed by atoms with Gasteiger partial charge in [-0.3, -0.25) is 9.69 Å². The smallest absolute Gasteiger partial charge is 0.186 e. The Labute approximate surface area is 131 Å². The molecule has 22 heavy (non-hydrogen) atoms. The Morgan fingerprint density at radius 3 is 2.95 bits per heavy atom. The van der Waals surface area contributed by atoms with Crippen molar-refractivity contribution in [3.63, 3.8) is 0 Å². The van der Waals surface area contributed by atoms with Crippen LogP contribution in [0.25, 0.3) is 0 Å². The van der Waals surface area contributed by atoms with Crippen molar-refractivity contribution in [1.82, 2.24) is 14.8 Å². The number of fused-ring (bicyclic) bond motifs is 1. The maximum Gasteiger partial charge on any atom is 0.186 e. The number of nitrogens with one attached hydrogen (secondary N) is 1. The number of ether oxygens (including phenoxy) is 1. The summed E-state index contributed by atoms with van der Waals surface area (Å²) in [5.41, 5.74) is 2.79. The molecule has 0 aliphatic carbocycles. The van der Waals surface area contributed by atoms with Gasteiger partial charge in [0.1, 0.15) is 0 Å². The van der Waals surface area contributed by atoms with Gasteiger partial charge in [0.25, 0.3) is 0 Å². The van der Waals surface area contributed by atoms with Crippen LogP contribution >= 0.6 is 0 Å². The summed E-state index contributed by atoms with van der Waals surface area (Å²) in [4.78, 5) is 20.1. The molecule has 1 aromatic rings.